The first-order valence-corrected chi connectivity index (χ1v) is 7.13. The van der Waals surface area contributed by atoms with Gasteiger partial charge in [-0.25, -0.2) is 0 Å². The van der Waals surface area contributed by atoms with E-state index < -0.39 is 0 Å². The molecule has 102 valence electrons. The maximum Gasteiger partial charge on any atom is 0.0406 e. The molecule has 0 aliphatic carbocycles. The topological polar surface area (TPSA) is 15.3 Å². The molecule has 0 saturated heterocycles. The second kappa shape index (κ2) is 8.52. The van der Waals surface area contributed by atoms with E-state index in [1.807, 2.05) is 12.1 Å². The number of benzene rings is 1. The van der Waals surface area contributed by atoms with Gasteiger partial charge in [0.1, 0.15) is 0 Å². The summed E-state index contributed by atoms with van der Waals surface area (Å²) in [5, 5.41) is 4.26. The molecule has 0 radical (unpaired) electrons. The molecule has 0 fully saturated rings. The molecule has 1 rings (SSSR count). The predicted molar refractivity (Wildman–Crippen MR) is 80.2 cm³/mol. The van der Waals surface area contributed by atoms with Gasteiger partial charge >= 0.3 is 0 Å². The van der Waals surface area contributed by atoms with Crippen molar-refractivity contribution < 1.29 is 0 Å². The van der Waals surface area contributed by atoms with Crippen LogP contribution in [0.4, 0.5) is 0 Å². The molecule has 0 saturated carbocycles. The smallest absolute Gasteiger partial charge is 0.0406 e. The maximum absolute atomic E-state index is 5.84. The van der Waals surface area contributed by atoms with Crippen molar-refractivity contribution in [2.75, 3.05) is 20.1 Å². The van der Waals surface area contributed by atoms with Crippen LogP contribution in [0.1, 0.15) is 32.3 Å². The molecule has 0 unspecified atom stereocenters. The van der Waals surface area contributed by atoms with Gasteiger partial charge in [0.2, 0.25) is 0 Å². The van der Waals surface area contributed by atoms with Crippen LogP contribution < -0.4 is 5.32 Å². The molecule has 1 aromatic carbocycles. The van der Waals surface area contributed by atoms with Crippen LogP contribution in [-0.2, 0) is 6.54 Å². The Kier molecular flexibility index (Phi) is 7.33. The summed E-state index contributed by atoms with van der Waals surface area (Å²) >= 11 is 5.84. The summed E-state index contributed by atoms with van der Waals surface area (Å²) < 4.78 is 0. The van der Waals surface area contributed by atoms with E-state index in [9.17, 15) is 0 Å². The Morgan fingerprint density at radius 2 is 1.83 bits per heavy atom. The fourth-order valence-electron chi connectivity index (χ4n) is 1.70. The number of halogens is 1. The normalized spacial score (nSPS) is 11.4. The van der Waals surface area contributed by atoms with Gasteiger partial charge in [-0.15, -0.1) is 0 Å². The highest BCUT2D eigenvalue weighted by atomic mass is 35.5. The molecule has 2 nitrogen and oxygen atoms in total. The molecule has 0 aliphatic rings. The SMILES string of the molecule is CC(C)N(C)CCCCNCc1ccc(Cl)cc1. The first-order valence-electron chi connectivity index (χ1n) is 6.75. The zero-order valence-corrected chi connectivity index (χ0v) is 12.5. The van der Waals surface area contributed by atoms with Crippen LogP contribution in [0, 0.1) is 0 Å². The van der Waals surface area contributed by atoms with Gasteiger partial charge in [0.15, 0.2) is 0 Å². The van der Waals surface area contributed by atoms with Crippen molar-refractivity contribution in [3.63, 3.8) is 0 Å². The van der Waals surface area contributed by atoms with Gasteiger partial charge in [-0.3, -0.25) is 0 Å². The second-order valence-electron chi connectivity index (χ2n) is 5.08. The predicted octanol–water partition coefficient (Wildman–Crippen LogP) is 3.55. The highest BCUT2D eigenvalue weighted by Gasteiger charge is 2.01. The Labute approximate surface area is 116 Å². The third-order valence-electron chi connectivity index (χ3n) is 3.24. The average molecular weight is 269 g/mol. The fraction of sp³-hybridized carbons (Fsp3) is 0.600. The molecule has 1 N–H and O–H groups in total. The number of hydrogen-bond donors (Lipinski definition) is 1. The summed E-state index contributed by atoms with van der Waals surface area (Å²) in [6, 6.07) is 8.67. The van der Waals surface area contributed by atoms with Crippen molar-refractivity contribution in [1.29, 1.82) is 0 Å². The Bertz CT molecular complexity index is 322. The van der Waals surface area contributed by atoms with E-state index in [-0.39, 0.29) is 0 Å². The molecule has 18 heavy (non-hydrogen) atoms. The summed E-state index contributed by atoms with van der Waals surface area (Å²) in [4.78, 5) is 2.39. The van der Waals surface area contributed by atoms with Crippen LogP contribution in [0.15, 0.2) is 24.3 Å². The van der Waals surface area contributed by atoms with E-state index in [1.165, 1.54) is 24.9 Å². The number of nitrogens with zero attached hydrogens (tertiary/aromatic N) is 1. The molecule has 0 amide bonds. The Hall–Kier alpha value is -0.570. The molecule has 0 spiro atoms. The van der Waals surface area contributed by atoms with Gasteiger partial charge in [-0.05, 0) is 64.5 Å². The molecule has 0 aliphatic heterocycles. The van der Waals surface area contributed by atoms with Gasteiger partial charge in [-0.1, -0.05) is 23.7 Å². The number of rotatable bonds is 8. The van der Waals surface area contributed by atoms with Gasteiger partial charge < -0.3 is 10.2 Å². The van der Waals surface area contributed by atoms with Gasteiger partial charge in [-0.2, -0.15) is 0 Å². The molecule has 0 heterocycles. The fourth-order valence-corrected chi connectivity index (χ4v) is 1.83. The van der Waals surface area contributed by atoms with Crippen LogP contribution in [0.2, 0.25) is 5.02 Å². The average Bonchev–Trinajstić information content (AvgIpc) is 2.35. The van der Waals surface area contributed by atoms with Crippen molar-refractivity contribution >= 4 is 11.6 Å². The summed E-state index contributed by atoms with van der Waals surface area (Å²) in [7, 11) is 2.19. The Morgan fingerprint density at radius 1 is 1.17 bits per heavy atom. The Balaban J connectivity index is 2.03. The van der Waals surface area contributed by atoms with Crippen LogP contribution in [0.5, 0.6) is 0 Å². The third-order valence-corrected chi connectivity index (χ3v) is 3.49. The van der Waals surface area contributed by atoms with Crippen LogP contribution in [0.25, 0.3) is 0 Å². The minimum absolute atomic E-state index is 0.645. The maximum atomic E-state index is 5.84. The second-order valence-corrected chi connectivity index (χ2v) is 5.52. The van der Waals surface area contributed by atoms with E-state index in [1.54, 1.807) is 0 Å². The van der Waals surface area contributed by atoms with E-state index >= 15 is 0 Å². The standard InChI is InChI=1S/C15H25ClN2/c1-13(2)18(3)11-5-4-10-17-12-14-6-8-15(16)9-7-14/h6-9,13,17H,4-5,10-12H2,1-3H3. The van der Waals surface area contributed by atoms with Gasteiger partial charge in [0.25, 0.3) is 0 Å². The molecule has 0 bridgehead atoms. The lowest BCUT2D eigenvalue weighted by Gasteiger charge is -2.20. The van der Waals surface area contributed by atoms with Crippen LogP contribution in [0.3, 0.4) is 0 Å². The van der Waals surface area contributed by atoms with E-state index in [4.69, 9.17) is 11.6 Å². The minimum Gasteiger partial charge on any atom is -0.313 e. The lowest BCUT2D eigenvalue weighted by Crippen LogP contribution is -2.27. The van der Waals surface area contributed by atoms with Crippen molar-refractivity contribution in [2.24, 2.45) is 0 Å². The molecule has 3 heteroatoms. The number of hydrogen-bond acceptors (Lipinski definition) is 2. The van der Waals surface area contributed by atoms with Gasteiger partial charge in [0.05, 0.1) is 0 Å². The molecule has 1 aromatic rings. The van der Waals surface area contributed by atoms with Crippen LogP contribution >= 0.6 is 11.6 Å². The summed E-state index contributed by atoms with van der Waals surface area (Å²) in [5.41, 5.74) is 1.29. The molecule has 0 aromatic heterocycles. The highest BCUT2D eigenvalue weighted by molar-refractivity contribution is 6.30. The van der Waals surface area contributed by atoms with Gasteiger partial charge in [0, 0.05) is 17.6 Å². The first-order chi connectivity index (χ1) is 8.59. The van der Waals surface area contributed by atoms with Crippen molar-refractivity contribution in [1.82, 2.24) is 10.2 Å². The zero-order valence-electron chi connectivity index (χ0n) is 11.7. The molecular formula is C15H25ClN2. The summed E-state index contributed by atoms with van der Waals surface area (Å²) in [5.74, 6) is 0. The quantitative estimate of drug-likeness (QED) is 0.726. The first kappa shape index (κ1) is 15.5. The van der Waals surface area contributed by atoms with E-state index in [0.29, 0.717) is 6.04 Å². The number of unbranched alkanes of at least 4 members (excludes halogenated alkanes) is 1. The minimum atomic E-state index is 0.645. The third kappa shape index (κ3) is 6.39. The molecule has 0 atom stereocenters. The number of nitrogens with one attached hydrogen (secondary N) is 1. The summed E-state index contributed by atoms with van der Waals surface area (Å²) in [6.07, 6.45) is 2.48. The zero-order chi connectivity index (χ0) is 13.4. The largest absolute Gasteiger partial charge is 0.313 e. The van der Waals surface area contributed by atoms with Crippen molar-refractivity contribution in [2.45, 2.75) is 39.3 Å². The Morgan fingerprint density at radius 3 is 2.44 bits per heavy atom. The lowest BCUT2D eigenvalue weighted by molar-refractivity contribution is 0.268. The van der Waals surface area contributed by atoms with Crippen LogP contribution in [-0.4, -0.2) is 31.1 Å². The van der Waals surface area contributed by atoms with E-state index in [2.05, 4.69) is 43.2 Å². The molecular weight excluding hydrogens is 244 g/mol. The van der Waals surface area contributed by atoms with Crippen molar-refractivity contribution in [3.05, 3.63) is 34.9 Å². The van der Waals surface area contributed by atoms with E-state index in [0.717, 1.165) is 18.1 Å². The monoisotopic (exact) mass is 268 g/mol. The van der Waals surface area contributed by atoms with Crippen molar-refractivity contribution in [3.8, 4) is 0 Å². The summed E-state index contributed by atoms with van der Waals surface area (Å²) in [6.45, 7) is 7.66. The lowest BCUT2D eigenvalue weighted by atomic mass is 10.2. The highest BCUT2D eigenvalue weighted by Crippen LogP contribution is 2.09.